The minimum Gasteiger partial charge on any atom is -0.493 e. The van der Waals surface area contributed by atoms with Crippen molar-refractivity contribution in [3.63, 3.8) is 0 Å². The topological polar surface area (TPSA) is 59.0 Å². The molecule has 5 nitrogen and oxygen atoms in total. The Bertz CT molecular complexity index is 403. The second-order valence-electron chi connectivity index (χ2n) is 3.79. The Morgan fingerprint density at radius 2 is 1.94 bits per heavy atom. The van der Waals surface area contributed by atoms with E-state index in [0.29, 0.717) is 17.1 Å². The molecule has 94 valence electrons. The third-order valence-corrected chi connectivity index (χ3v) is 2.48. The van der Waals surface area contributed by atoms with Gasteiger partial charge < -0.3 is 14.6 Å². The predicted octanol–water partition coefficient (Wildman–Crippen LogP) is 1.39. The molecule has 1 aromatic rings. The molecule has 0 radical (unpaired) electrons. The molecule has 1 aromatic carbocycles. The second-order valence-corrected chi connectivity index (χ2v) is 3.79. The Labute approximate surface area is 101 Å². The average molecular weight is 239 g/mol. The van der Waals surface area contributed by atoms with E-state index in [9.17, 15) is 9.90 Å². The van der Waals surface area contributed by atoms with E-state index in [1.807, 2.05) is 0 Å². The van der Waals surface area contributed by atoms with Crippen LogP contribution in [-0.4, -0.2) is 44.3 Å². The fraction of sp³-hybridized carbons (Fsp3) is 0.417. The van der Waals surface area contributed by atoms with Crippen LogP contribution >= 0.6 is 0 Å². The molecule has 0 bridgehead atoms. The highest BCUT2D eigenvalue weighted by Gasteiger charge is 2.27. The van der Waals surface area contributed by atoms with Crippen LogP contribution in [0.15, 0.2) is 18.2 Å². The van der Waals surface area contributed by atoms with Crippen LogP contribution in [0.1, 0.15) is 11.6 Å². The number of ether oxygens (including phenoxy) is 2. The summed E-state index contributed by atoms with van der Waals surface area (Å²) in [6.45, 7) is 0. The molecule has 0 fully saturated rings. The van der Waals surface area contributed by atoms with Crippen molar-refractivity contribution in [1.82, 2.24) is 4.90 Å². The smallest absolute Gasteiger partial charge is 0.325 e. The summed E-state index contributed by atoms with van der Waals surface area (Å²) in [5.74, 6) is 0.0516. The van der Waals surface area contributed by atoms with E-state index in [1.165, 1.54) is 14.2 Å². The molecule has 0 aliphatic heterocycles. The van der Waals surface area contributed by atoms with Gasteiger partial charge in [0, 0.05) is 5.56 Å². The van der Waals surface area contributed by atoms with Gasteiger partial charge in [-0.15, -0.1) is 0 Å². The van der Waals surface area contributed by atoms with Crippen molar-refractivity contribution in [1.29, 1.82) is 0 Å². The van der Waals surface area contributed by atoms with Gasteiger partial charge in [0.05, 0.1) is 14.2 Å². The lowest BCUT2D eigenvalue weighted by Gasteiger charge is -2.23. The van der Waals surface area contributed by atoms with Gasteiger partial charge in [-0.25, -0.2) is 0 Å². The van der Waals surface area contributed by atoms with Gasteiger partial charge in [-0.05, 0) is 20.2 Å². The van der Waals surface area contributed by atoms with Crippen molar-refractivity contribution in [2.75, 3.05) is 28.3 Å². The minimum atomic E-state index is -0.929. The molecule has 1 atom stereocenters. The number of hydrogen-bond donors (Lipinski definition) is 1. The zero-order valence-corrected chi connectivity index (χ0v) is 10.4. The monoisotopic (exact) mass is 239 g/mol. The minimum absolute atomic E-state index is 0.455. The van der Waals surface area contributed by atoms with Crippen LogP contribution in [0, 0.1) is 0 Å². The van der Waals surface area contributed by atoms with Crippen LogP contribution in [0.3, 0.4) is 0 Å². The highest BCUT2D eigenvalue weighted by Crippen LogP contribution is 2.36. The molecule has 0 aliphatic rings. The fourth-order valence-corrected chi connectivity index (χ4v) is 1.76. The Morgan fingerprint density at radius 1 is 1.29 bits per heavy atom. The summed E-state index contributed by atoms with van der Waals surface area (Å²) in [6, 6.07) is 4.44. The van der Waals surface area contributed by atoms with Gasteiger partial charge in [0.15, 0.2) is 11.5 Å². The van der Waals surface area contributed by atoms with E-state index in [2.05, 4.69) is 0 Å². The van der Waals surface area contributed by atoms with Crippen LogP contribution in [0.5, 0.6) is 11.5 Å². The molecule has 0 unspecified atom stereocenters. The number of carboxylic acids is 1. The predicted molar refractivity (Wildman–Crippen MR) is 63.6 cm³/mol. The van der Waals surface area contributed by atoms with Gasteiger partial charge in [-0.3, -0.25) is 9.69 Å². The van der Waals surface area contributed by atoms with Gasteiger partial charge in [0.2, 0.25) is 0 Å². The lowest BCUT2D eigenvalue weighted by atomic mass is 10.0. The van der Waals surface area contributed by atoms with E-state index in [-0.39, 0.29) is 0 Å². The zero-order chi connectivity index (χ0) is 13.0. The normalized spacial score (nSPS) is 12.3. The number of hydrogen-bond acceptors (Lipinski definition) is 4. The second kappa shape index (κ2) is 5.54. The number of carbonyl (C=O) groups is 1. The maximum absolute atomic E-state index is 11.3. The molecule has 0 saturated carbocycles. The summed E-state index contributed by atoms with van der Waals surface area (Å²) >= 11 is 0. The number of methoxy groups -OCH3 is 2. The highest BCUT2D eigenvalue weighted by atomic mass is 16.5. The van der Waals surface area contributed by atoms with Gasteiger partial charge >= 0.3 is 5.97 Å². The molecule has 17 heavy (non-hydrogen) atoms. The first-order valence-corrected chi connectivity index (χ1v) is 5.13. The van der Waals surface area contributed by atoms with Gasteiger partial charge in [0.25, 0.3) is 0 Å². The number of carboxylic acid groups (broad SMARTS) is 1. The van der Waals surface area contributed by atoms with Crippen molar-refractivity contribution in [2.45, 2.75) is 6.04 Å². The molecule has 0 saturated heterocycles. The number of nitrogens with zero attached hydrogens (tertiary/aromatic N) is 1. The van der Waals surface area contributed by atoms with Crippen LogP contribution < -0.4 is 9.47 Å². The van der Waals surface area contributed by atoms with Crippen molar-refractivity contribution >= 4 is 5.97 Å². The molecule has 1 N–H and O–H groups in total. The van der Waals surface area contributed by atoms with Crippen molar-refractivity contribution in [3.05, 3.63) is 23.8 Å². The summed E-state index contributed by atoms with van der Waals surface area (Å²) < 4.78 is 10.4. The highest BCUT2D eigenvalue weighted by molar-refractivity contribution is 5.77. The lowest BCUT2D eigenvalue weighted by molar-refractivity contribution is -0.142. The molecule has 5 heteroatoms. The molecule has 0 aliphatic carbocycles. The summed E-state index contributed by atoms with van der Waals surface area (Å²) in [5, 5.41) is 9.24. The van der Waals surface area contributed by atoms with Crippen LogP contribution in [0.4, 0.5) is 0 Å². The summed E-state index contributed by atoms with van der Waals surface area (Å²) in [7, 11) is 6.43. The molecule has 0 heterocycles. The van der Waals surface area contributed by atoms with E-state index in [1.54, 1.807) is 37.2 Å². The standard InChI is InChI=1S/C12H17NO4/c1-13(2)10(12(14)15)8-6-5-7-9(16-3)11(8)17-4/h5-7,10H,1-4H3,(H,14,15)/t10-/m1/s1. The molecule has 0 spiro atoms. The SMILES string of the molecule is COc1cccc([C@H](C(=O)O)N(C)C)c1OC. The number of para-hydroxylation sites is 1. The van der Waals surface area contributed by atoms with E-state index in [0.717, 1.165) is 0 Å². The Hall–Kier alpha value is -1.75. The number of rotatable bonds is 5. The van der Waals surface area contributed by atoms with Crippen molar-refractivity contribution < 1.29 is 19.4 Å². The van der Waals surface area contributed by atoms with Crippen molar-refractivity contribution in [3.8, 4) is 11.5 Å². The molecule has 0 amide bonds. The first-order chi connectivity index (χ1) is 8.02. The van der Waals surface area contributed by atoms with Gasteiger partial charge in [-0.1, -0.05) is 12.1 Å². The maximum atomic E-state index is 11.3. The fourth-order valence-electron chi connectivity index (χ4n) is 1.76. The molecule has 1 rings (SSSR count). The van der Waals surface area contributed by atoms with Crippen LogP contribution in [-0.2, 0) is 4.79 Å². The number of likely N-dealkylation sites (N-methyl/N-ethyl adjacent to an activating group) is 1. The van der Waals surface area contributed by atoms with Crippen LogP contribution in [0.25, 0.3) is 0 Å². The maximum Gasteiger partial charge on any atom is 0.325 e. The molecule has 0 aromatic heterocycles. The Morgan fingerprint density at radius 3 is 2.35 bits per heavy atom. The largest absolute Gasteiger partial charge is 0.493 e. The van der Waals surface area contributed by atoms with E-state index in [4.69, 9.17) is 9.47 Å². The first-order valence-electron chi connectivity index (χ1n) is 5.13. The summed E-state index contributed by atoms with van der Waals surface area (Å²) in [6.07, 6.45) is 0. The zero-order valence-electron chi connectivity index (χ0n) is 10.4. The first kappa shape index (κ1) is 13.3. The van der Waals surface area contributed by atoms with Gasteiger partial charge in [0.1, 0.15) is 6.04 Å². The number of benzene rings is 1. The van der Waals surface area contributed by atoms with E-state index < -0.39 is 12.0 Å². The molecular formula is C12H17NO4. The quantitative estimate of drug-likeness (QED) is 0.841. The summed E-state index contributed by atoms with van der Waals surface area (Å²) in [5.41, 5.74) is 0.573. The average Bonchev–Trinajstić information content (AvgIpc) is 2.27. The van der Waals surface area contributed by atoms with Gasteiger partial charge in [-0.2, -0.15) is 0 Å². The van der Waals surface area contributed by atoms with Crippen LogP contribution in [0.2, 0.25) is 0 Å². The summed E-state index contributed by atoms with van der Waals surface area (Å²) in [4.78, 5) is 12.9. The van der Waals surface area contributed by atoms with Crippen molar-refractivity contribution in [2.24, 2.45) is 0 Å². The Balaban J connectivity index is 3.32. The number of aliphatic carboxylic acids is 1. The third-order valence-electron chi connectivity index (χ3n) is 2.48. The van der Waals surface area contributed by atoms with E-state index >= 15 is 0 Å². The molecular weight excluding hydrogens is 222 g/mol. The Kier molecular flexibility index (Phi) is 4.34. The lowest BCUT2D eigenvalue weighted by Crippen LogP contribution is -2.27. The third kappa shape index (κ3) is 2.68.